The molecule has 128 valence electrons. The molecule has 2 amide bonds. The van der Waals surface area contributed by atoms with E-state index in [2.05, 4.69) is 6.58 Å². The van der Waals surface area contributed by atoms with E-state index in [4.69, 9.17) is 9.47 Å². The van der Waals surface area contributed by atoms with Gasteiger partial charge in [0.1, 0.15) is 6.61 Å². The van der Waals surface area contributed by atoms with Crippen LogP contribution in [0.5, 0.6) is 11.5 Å². The highest BCUT2D eigenvalue weighted by Gasteiger charge is 2.35. The predicted octanol–water partition coefficient (Wildman–Crippen LogP) is 2.82. The maximum absolute atomic E-state index is 12.3. The lowest BCUT2D eigenvalue weighted by atomic mass is 10.2. The standard InChI is InChI=1S/C17H20N2O4S/c1-5-8-23-13-7-6-12(9-14(13)22-4)10-15-16(20)19(11-18(2)3)17(21)24-15/h5-7,9-10H,1,8,11H2,2-4H3. The highest BCUT2D eigenvalue weighted by Crippen LogP contribution is 2.34. The molecule has 1 aromatic rings. The third kappa shape index (κ3) is 4.18. The highest BCUT2D eigenvalue weighted by molar-refractivity contribution is 8.18. The molecule has 0 atom stereocenters. The van der Waals surface area contributed by atoms with Crippen LogP contribution < -0.4 is 9.47 Å². The van der Waals surface area contributed by atoms with Gasteiger partial charge < -0.3 is 9.47 Å². The fourth-order valence-corrected chi connectivity index (χ4v) is 2.93. The van der Waals surface area contributed by atoms with Crippen LogP contribution in [-0.4, -0.2) is 55.4 Å². The molecule has 0 N–H and O–H groups in total. The number of methoxy groups -OCH3 is 1. The number of amides is 2. The van der Waals surface area contributed by atoms with Crippen molar-refractivity contribution in [1.82, 2.24) is 9.80 Å². The van der Waals surface area contributed by atoms with Crippen molar-refractivity contribution < 1.29 is 19.1 Å². The number of nitrogens with zero attached hydrogens (tertiary/aromatic N) is 2. The van der Waals surface area contributed by atoms with Gasteiger partial charge in [-0.05, 0) is 49.6 Å². The first-order chi connectivity index (χ1) is 11.5. The lowest BCUT2D eigenvalue weighted by Crippen LogP contribution is -2.36. The zero-order chi connectivity index (χ0) is 17.7. The van der Waals surface area contributed by atoms with E-state index >= 15 is 0 Å². The van der Waals surface area contributed by atoms with Crippen LogP contribution in [0, 0.1) is 0 Å². The fourth-order valence-electron chi connectivity index (χ4n) is 2.10. The molecule has 0 unspecified atom stereocenters. The average molecular weight is 348 g/mol. The Morgan fingerprint density at radius 2 is 2.04 bits per heavy atom. The number of carbonyl (C=O) groups excluding carboxylic acids is 2. The Balaban J connectivity index is 2.23. The van der Waals surface area contributed by atoms with E-state index in [1.54, 1.807) is 56.5 Å². The number of ether oxygens (including phenoxy) is 2. The van der Waals surface area contributed by atoms with Gasteiger partial charge in [-0.15, -0.1) is 0 Å². The lowest BCUT2D eigenvalue weighted by molar-refractivity contribution is -0.123. The number of benzene rings is 1. The number of carbonyl (C=O) groups is 2. The van der Waals surface area contributed by atoms with Crippen molar-refractivity contribution in [3.8, 4) is 11.5 Å². The molecule has 0 radical (unpaired) electrons. The Labute approximate surface area is 145 Å². The molecule has 1 aliphatic rings. The summed E-state index contributed by atoms with van der Waals surface area (Å²) >= 11 is 0.937. The lowest BCUT2D eigenvalue weighted by Gasteiger charge is -2.17. The topological polar surface area (TPSA) is 59.1 Å². The molecule has 0 aromatic heterocycles. The Bertz CT molecular complexity index is 685. The SMILES string of the molecule is C=CCOc1ccc(C=C2SC(=O)N(CN(C)C)C2=O)cc1OC. The van der Waals surface area contributed by atoms with E-state index in [0.717, 1.165) is 17.3 Å². The second kappa shape index (κ2) is 8.03. The molecule has 0 aliphatic carbocycles. The average Bonchev–Trinajstić information content (AvgIpc) is 2.80. The molecule has 1 aliphatic heterocycles. The summed E-state index contributed by atoms with van der Waals surface area (Å²) in [5.74, 6) is 0.859. The minimum Gasteiger partial charge on any atom is -0.493 e. The van der Waals surface area contributed by atoms with Crippen LogP contribution in [-0.2, 0) is 4.79 Å². The first-order valence-electron chi connectivity index (χ1n) is 7.28. The van der Waals surface area contributed by atoms with Crippen LogP contribution in [0.3, 0.4) is 0 Å². The molecule has 1 aromatic carbocycles. The highest BCUT2D eigenvalue weighted by atomic mass is 32.2. The maximum atomic E-state index is 12.3. The normalized spacial score (nSPS) is 16.2. The Morgan fingerprint density at radius 3 is 2.67 bits per heavy atom. The summed E-state index contributed by atoms with van der Waals surface area (Å²) in [6, 6.07) is 5.33. The second-order valence-corrected chi connectivity index (χ2v) is 6.33. The zero-order valence-corrected chi connectivity index (χ0v) is 14.8. The van der Waals surface area contributed by atoms with Gasteiger partial charge in [0.2, 0.25) is 0 Å². The van der Waals surface area contributed by atoms with Crippen molar-refractivity contribution in [1.29, 1.82) is 0 Å². The summed E-state index contributed by atoms with van der Waals surface area (Å²) in [5.41, 5.74) is 0.758. The largest absolute Gasteiger partial charge is 0.493 e. The monoisotopic (exact) mass is 348 g/mol. The van der Waals surface area contributed by atoms with Crippen LogP contribution in [0.15, 0.2) is 35.8 Å². The van der Waals surface area contributed by atoms with Crippen LogP contribution in [0.25, 0.3) is 6.08 Å². The van der Waals surface area contributed by atoms with Gasteiger partial charge in [0, 0.05) is 0 Å². The van der Waals surface area contributed by atoms with Crippen molar-refractivity contribution in [2.24, 2.45) is 0 Å². The number of hydrogen-bond donors (Lipinski definition) is 0. The summed E-state index contributed by atoms with van der Waals surface area (Å²) in [6.07, 6.45) is 3.33. The summed E-state index contributed by atoms with van der Waals surface area (Å²) < 4.78 is 10.8. The predicted molar refractivity (Wildman–Crippen MR) is 95.1 cm³/mol. The minimum atomic E-state index is -0.287. The number of thioether (sulfide) groups is 1. The first kappa shape index (κ1) is 18.1. The van der Waals surface area contributed by atoms with Crippen LogP contribution in [0.1, 0.15) is 5.56 Å². The van der Waals surface area contributed by atoms with Gasteiger partial charge in [-0.3, -0.25) is 19.4 Å². The van der Waals surface area contributed by atoms with Crippen molar-refractivity contribution in [3.63, 3.8) is 0 Å². The van der Waals surface area contributed by atoms with Gasteiger partial charge in [-0.25, -0.2) is 0 Å². The quantitative estimate of drug-likeness (QED) is 0.558. The van der Waals surface area contributed by atoms with E-state index in [9.17, 15) is 9.59 Å². The van der Waals surface area contributed by atoms with Crippen molar-refractivity contribution in [3.05, 3.63) is 41.3 Å². The summed E-state index contributed by atoms with van der Waals surface area (Å²) in [4.78, 5) is 27.7. The number of imide groups is 1. The van der Waals surface area contributed by atoms with Crippen molar-refractivity contribution in [2.45, 2.75) is 0 Å². The Hall–Kier alpha value is -2.25. The van der Waals surface area contributed by atoms with Crippen molar-refractivity contribution in [2.75, 3.05) is 34.5 Å². The molecular weight excluding hydrogens is 328 g/mol. The van der Waals surface area contributed by atoms with Gasteiger partial charge in [0.05, 0.1) is 18.7 Å². The van der Waals surface area contributed by atoms with Crippen molar-refractivity contribution >= 4 is 29.0 Å². The molecule has 1 saturated heterocycles. The molecule has 2 rings (SSSR count). The molecule has 1 fully saturated rings. The summed E-state index contributed by atoms with van der Waals surface area (Å²) in [5, 5.41) is -0.266. The third-order valence-corrected chi connectivity index (χ3v) is 4.05. The Kier molecular flexibility index (Phi) is 6.05. The second-order valence-electron chi connectivity index (χ2n) is 5.34. The van der Waals surface area contributed by atoms with E-state index in [1.807, 2.05) is 0 Å². The van der Waals surface area contributed by atoms with E-state index < -0.39 is 0 Å². The van der Waals surface area contributed by atoms with E-state index in [1.165, 1.54) is 4.90 Å². The van der Waals surface area contributed by atoms with Crippen LogP contribution in [0.4, 0.5) is 4.79 Å². The fraction of sp³-hybridized carbons (Fsp3) is 0.294. The molecule has 0 saturated carbocycles. The van der Waals surface area contributed by atoms with Crippen LogP contribution >= 0.6 is 11.8 Å². The molecule has 0 spiro atoms. The molecule has 1 heterocycles. The smallest absolute Gasteiger partial charge is 0.294 e. The molecule has 0 bridgehead atoms. The van der Waals surface area contributed by atoms with E-state index in [0.29, 0.717) is 23.0 Å². The number of hydrogen-bond acceptors (Lipinski definition) is 6. The van der Waals surface area contributed by atoms with Gasteiger partial charge in [0.15, 0.2) is 11.5 Å². The molecule has 24 heavy (non-hydrogen) atoms. The molecular formula is C17H20N2O4S. The van der Waals surface area contributed by atoms with Gasteiger partial charge in [-0.2, -0.15) is 0 Å². The van der Waals surface area contributed by atoms with E-state index in [-0.39, 0.29) is 17.8 Å². The summed E-state index contributed by atoms with van der Waals surface area (Å²) in [6.45, 7) is 4.24. The minimum absolute atomic E-state index is 0.264. The van der Waals surface area contributed by atoms with Gasteiger partial charge in [0.25, 0.3) is 11.1 Å². The van der Waals surface area contributed by atoms with Gasteiger partial charge >= 0.3 is 0 Å². The molecule has 7 heteroatoms. The molecule has 6 nitrogen and oxygen atoms in total. The third-order valence-electron chi connectivity index (χ3n) is 3.14. The van der Waals surface area contributed by atoms with Crippen LogP contribution in [0.2, 0.25) is 0 Å². The Morgan fingerprint density at radius 1 is 1.29 bits per heavy atom. The number of rotatable bonds is 7. The zero-order valence-electron chi connectivity index (χ0n) is 13.9. The summed E-state index contributed by atoms with van der Waals surface area (Å²) in [7, 11) is 5.16. The van der Waals surface area contributed by atoms with Gasteiger partial charge in [-0.1, -0.05) is 18.7 Å². The first-order valence-corrected chi connectivity index (χ1v) is 8.09. The maximum Gasteiger partial charge on any atom is 0.294 e.